The summed E-state index contributed by atoms with van der Waals surface area (Å²) in [4.78, 5) is 52.7. The number of phenols is 1. The minimum atomic E-state index is -1.36. The van der Waals surface area contributed by atoms with Crippen molar-refractivity contribution in [3.05, 3.63) is 42.5 Å². The average Bonchev–Trinajstić information content (AvgIpc) is 2.78. The summed E-state index contributed by atoms with van der Waals surface area (Å²) in [6, 6.07) is 3.46. The number of benzene rings is 1. The zero-order chi connectivity index (χ0) is 26.9. The third-order valence-electron chi connectivity index (χ3n) is 5.72. The second kappa shape index (κ2) is 12.9. The average molecular weight is 503 g/mol. The first-order chi connectivity index (χ1) is 16.9. The smallest absolute Gasteiger partial charge is 0.408 e. The summed E-state index contributed by atoms with van der Waals surface area (Å²) in [5, 5.41) is 15.2. The van der Waals surface area contributed by atoms with Crippen LogP contribution in [0.15, 0.2) is 36.9 Å². The minimum absolute atomic E-state index is 0.00461. The fourth-order valence-corrected chi connectivity index (χ4v) is 4.17. The number of rotatable bonds is 10. The van der Waals surface area contributed by atoms with Crippen LogP contribution in [0.5, 0.6) is 5.75 Å². The van der Waals surface area contributed by atoms with Gasteiger partial charge in [-0.3, -0.25) is 14.4 Å². The van der Waals surface area contributed by atoms with Gasteiger partial charge >= 0.3 is 6.09 Å². The fraction of sp³-hybridized carbons (Fsp3) is 0.538. The van der Waals surface area contributed by atoms with Crippen LogP contribution in [-0.4, -0.2) is 58.1 Å². The Morgan fingerprint density at radius 1 is 1.17 bits per heavy atom. The van der Waals surface area contributed by atoms with Gasteiger partial charge in [0.25, 0.3) is 0 Å². The second-order valence-electron chi connectivity index (χ2n) is 9.99. The van der Waals surface area contributed by atoms with E-state index in [9.17, 15) is 24.3 Å². The molecule has 1 saturated carbocycles. The lowest BCUT2D eigenvalue weighted by Crippen LogP contribution is -2.54. The van der Waals surface area contributed by atoms with Gasteiger partial charge in [-0.1, -0.05) is 37.5 Å². The van der Waals surface area contributed by atoms with Crippen molar-refractivity contribution in [2.75, 3.05) is 6.54 Å². The summed E-state index contributed by atoms with van der Waals surface area (Å²) >= 11 is 0. The Hall–Kier alpha value is -3.56. The van der Waals surface area contributed by atoms with Crippen molar-refractivity contribution in [1.82, 2.24) is 15.5 Å². The molecule has 0 aliphatic heterocycles. The van der Waals surface area contributed by atoms with Gasteiger partial charge in [-0.2, -0.15) is 0 Å². The molecule has 1 aliphatic carbocycles. The highest BCUT2D eigenvalue weighted by molar-refractivity contribution is 5.94. The number of amides is 4. The number of carbonyl (C=O) groups is 4. The zero-order valence-corrected chi connectivity index (χ0v) is 21.3. The van der Waals surface area contributed by atoms with Crippen molar-refractivity contribution < 1.29 is 29.0 Å². The molecule has 0 heterocycles. The third-order valence-corrected chi connectivity index (χ3v) is 5.72. The van der Waals surface area contributed by atoms with E-state index in [0.29, 0.717) is 5.56 Å². The Bertz CT molecular complexity index is 935. The summed E-state index contributed by atoms with van der Waals surface area (Å²) in [5.74, 6) is -1.91. The molecular formula is C26H38N4O6. The summed E-state index contributed by atoms with van der Waals surface area (Å²) in [6.07, 6.45) is 4.87. The number of alkyl carbamates (subject to hydrolysis) is 1. The minimum Gasteiger partial charge on any atom is -0.508 e. The molecule has 0 saturated heterocycles. The summed E-state index contributed by atoms with van der Waals surface area (Å²) in [7, 11) is 0. The van der Waals surface area contributed by atoms with Crippen molar-refractivity contribution >= 4 is 23.8 Å². The molecule has 0 radical (unpaired) electrons. The molecule has 2 unspecified atom stereocenters. The van der Waals surface area contributed by atoms with Gasteiger partial charge in [0, 0.05) is 12.6 Å². The molecule has 1 aromatic rings. The molecule has 1 aromatic carbocycles. The number of nitrogens with one attached hydrogen (secondary N) is 2. The molecule has 10 heteroatoms. The molecule has 4 amide bonds. The van der Waals surface area contributed by atoms with Gasteiger partial charge in [0.1, 0.15) is 23.4 Å². The van der Waals surface area contributed by atoms with Crippen LogP contribution in [0.2, 0.25) is 0 Å². The maximum absolute atomic E-state index is 13.7. The number of hydrogen-bond acceptors (Lipinski definition) is 6. The normalized spacial score (nSPS) is 15.8. The van der Waals surface area contributed by atoms with E-state index in [-0.39, 0.29) is 18.3 Å². The number of primary amides is 1. The topological polar surface area (TPSA) is 151 Å². The summed E-state index contributed by atoms with van der Waals surface area (Å²) in [6.45, 7) is 8.65. The molecule has 10 nitrogen and oxygen atoms in total. The number of nitrogens with two attached hydrogens (primary N) is 1. The Morgan fingerprint density at radius 3 is 2.31 bits per heavy atom. The van der Waals surface area contributed by atoms with E-state index in [0.717, 1.165) is 32.1 Å². The first-order valence-electron chi connectivity index (χ1n) is 12.2. The van der Waals surface area contributed by atoms with E-state index in [1.807, 2.05) is 0 Å². The van der Waals surface area contributed by atoms with Crippen molar-refractivity contribution in [3.63, 3.8) is 0 Å². The van der Waals surface area contributed by atoms with Crippen LogP contribution in [0.25, 0.3) is 0 Å². The standard InChI is InChI=1S/C26H38N4O6/c1-5-15-30(24(34)20(16-21(27)32)29-25(35)36-26(2,3)4)22(17-11-13-19(31)14-12-17)23(33)28-18-9-7-6-8-10-18/h5,11-14,18,20,22,31H,1,6-10,15-16H2,2-4H3,(H2,27,32)(H,28,33)(H,29,35). The van der Waals surface area contributed by atoms with Gasteiger partial charge < -0.3 is 31.1 Å². The lowest BCUT2D eigenvalue weighted by molar-refractivity contribution is -0.143. The number of phenolic OH excluding ortho intramolecular Hbond substituents is 1. The number of ether oxygens (including phenoxy) is 1. The molecule has 1 aliphatic rings. The first-order valence-corrected chi connectivity index (χ1v) is 12.2. The molecule has 5 N–H and O–H groups in total. The number of aromatic hydroxyl groups is 1. The summed E-state index contributed by atoms with van der Waals surface area (Å²) < 4.78 is 5.25. The van der Waals surface area contributed by atoms with Crippen LogP contribution < -0.4 is 16.4 Å². The Balaban J connectivity index is 2.41. The van der Waals surface area contributed by atoms with E-state index in [1.165, 1.54) is 23.1 Å². The maximum Gasteiger partial charge on any atom is 0.408 e. The van der Waals surface area contributed by atoms with Crippen LogP contribution in [0, 0.1) is 0 Å². The van der Waals surface area contributed by atoms with Gasteiger partial charge in [-0.15, -0.1) is 6.58 Å². The van der Waals surface area contributed by atoms with Crippen molar-refractivity contribution in [3.8, 4) is 5.75 Å². The van der Waals surface area contributed by atoms with Gasteiger partial charge in [0.15, 0.2) is 0 Å². The predicted molar refractivity (Wildman–Crippen MR) is 135 cm³/mol. The maximum atomic E-state index is 13.7. The molecule has 2 rings (SSSR count). The van der Waals surface area contributed by atoms with Crippen molar-refractivity contribution in [1.29, 1.82) is 0 Å². The summed E-state index contributed by atoms with van der Waals surface area (Å²) in [5.41, 5.74) is 4.98. The molecular weight excluding hydrogens is 464 g/mol. The van der Waals surface area contributed by atoms with Crippen LogP contribution >= 0.6 is 0 Å². The van der Waals surface area contributed by atoms with Crippen molar-refractivity contribution in [2.45, 2.75) is 83.0 Å². The van der Waals surface area contributed by atoms with Crippen LogP contribution in [0.1, 0.15) is 70.9 Å². The van der Waals surface area contributed by atoms with Gasteiger partial charge in [0.2, 0.25) is 17.7 Å². The highest BCUT2D eigenvalue weighted by atomic mass is 16.6. The van der Waals surface area contributed by atoms with E-state index in [1.54, 1.807) is 32.9 Å². The van der Waals surface area contributed by atoms with E-state index < -0.39 is 47.9 Å². The zero-order valence-electron chi connectivity index (χ0n) is 21.3. The number of hydrogen-bond donors (Lipinski definition) is 4. The largest absolute Gasteiger partial charge is 0.508 e. The van der Waals surface area contributed by atoms with E-state index >= 15 is 0 Å². The van der Waals surface area contributed by atoms with E-state index in [2.05, 4.69) is 17.2 Å². The molecule has 0 spiro atoms. The molecule has 198 valence electrons. The molecule has 0 aromatic heterocycles. The monoisotopic (exact) mass is 502 g/mol. The highest BCUT2D eigenvalue weighted by Crippen LogP contribution is 2.26. The highest BCUT2D eigenvalue weighted by Gasteiger charge is 2.37. The van der Waals surface area contributed by atoms with Crippen LogP contribution in [0.3, 0.4) is 0 Å². The van der Waals surface area contributed by atoms with Gasteiger partial charge in [-0.05, 0) is 51.3 Å². The third kappa shape index (κ3) is 8.90. The number of nitrogens with zero attached hydrogens (tertiary/aromatic N) is 1. The quantitative estimate of drug-likeness (QED) is 0.361. The lowest BCUT2D eigenvalue weighted by atomic mass is 9.94. The van der Waals surface area contributed by atoms with Gasteiger partial charge in [-0.25, -0.2) is 4.79 Å². The first kappa shape index (κ1) is 28.7. The van der Waals surface area contributed by atoms with Gasteiger partial charge in [0.05, 0.1) is 6.42 Å². The SMILES string of the molecule is C=CCN(C(=O)C(CC(N)=O)NC(=O)OC(C)(C)C)C(C(=O)NC1CCCCC1)c1ccc(O)cc1. The van der Waals surface area contributed by atoms with Crippen LogP contribution in [-0.2, 0) is 19.1 Å². The Kier molecular flexibility index (Phi) is 10.3. The molecule has 36 heavy (non-hydrogen) atoms. The fourth-order valence-electron chi connectivity index (χ4n) is 4.17. The molecule has 1 fully saturated rings. The van der Waals surface area contributed by atoms with Crippen LogP contribution in [0.4, 0.5) is 4.79 Å². The molecule has 2 atom stereocenters. The predicted octanol–water partition coefficient (Wildman–Crippen LogP) is 2.67. The second-order valence-corrected chi connectivity index (χ2v) is 9.99. The van der Waals surface area contributed by atoms with E-state index in [4.69, 9.17) is 10.5 Å². The molecule has 0 bridgehead atoms. The Labute approximate surface area is 212 Å². The number of carbonyl (C=O) groups excluding carboxylic acids is 4. The Morgan fingerprint density at radius 2 is 1.78 bits per heavy atom. The lowest BCUT2D eigenvalue weighted by Gasteiger charge is -2.35. The van der Waals surface area contributed by atoms with Crippen molar-refractivity contribution in [2.24, 2.45) is 5.73 Å².